The third-order valence-corrected chi connectivity index (χ3v) is 4.58. The van der Waals surface area contributed by atoms with Crippen LogP contribution in [0.3, 0.4) is 0 Å². The van der Waals surface area contributed by atoms with E-state index >= 15 is 0 Å². The second kappa shape index (κ2) is 6.85. The number of hydrogen-bond acceptors (Lipinski definition) is 4. The lowest BCUT2D eigenvalue weighted by Crippen LogP contribution is -2.46. The Balaban J connectivity index is 2.12. The number of amides is 2. The lowest BCUT2D eigenvalue weighted by atomic mass is 9.87. The number of rotatable bonds is 5. The molecule has 0 aromatic carbocycles. The van der Waals surface area contributed by atoms with Crippen molar-refractivity contribution in [3.8, 4) is 0 Å². The summed E-state index contributed by atoms with van der Waals surface area (Å²) in [5.41, 5.74) is 0. The van der Waals surface area contributed by atoms with E-state index in [1.807, 2.05) is 17.5 Å². The van der Waals surface area contributed by atoms with Crippen molar-refractivity contribution in [3.05, 3.63) is 22.4 Å². The van der Waals surface area contributed by atoms with Gasteiger partial charge in [0.1, 0.15) is 0 Å². The second-order valence-corrected chi connectivity index (χ2v) is 5.87. The van der Waals surface area contributed by atoms with Crippen molar-refractivity contribution in [2.45, 2.75) is 18.9 Å². The Morgan fingerprint density at radius 2 is 2.40 bits per heavy atom. The molecule has 2 heterocycles. The fraction of sp³-hybridized carbons (Fsp3) is 0.571. The van der Waals surface area contributed by atoms with E-state index in [0.29, 0.717) is 26.0 Å². The lowest BCUT2D eigenvalue weighted by molar-refractivity contribution is -0.141. The van der Waals surface area contributed by atoms with Crippen LogP contribution < -0.4 is 5.32 Å². The van der Waals surface area contributed by atoms with Gasteiger partial charge in [-0.05, 0) is 17.9 Å². The minimum absolute atomic E-state index is 0.000185. The summed E-state index contributed by atoms with van der Waals surface area (Å²) >= 11 is 1.59. The van der Waals surface area contributed by atoms with Crippen LogP contribution in [0.25, 0.3) is 0 Å². The van der Waals surface area contributed by atoms with E-state index in [4.69, 9.17) is 4.74 Å². The van der Waals surface area contributed by atoms with Gasteiger partial charge in [0.2, 0.25) is 11.8 Å². The van der Waals surface area contributed by atoms with Crippen molar-refractivity contribution >= 4 is 23.2 Å². The molecule has 1 aliphatic rings. The minimum Gasteiger partial charge on any atom is -0.383 e. The third kappa shape index (κ3) is 3.19. The molecule has 1 aliphatic heterocycles. The van der Waals surface area contributed by atoms with Crippen LogP contribution in [0.2, 0.25) is 0 Å². The zero-order valence-corrected chi connectivity index (χ0v) is 12.6. The Kier molecular flexibility index (Phi) is 5.14. The van der Waals surface area contributed by atoms with Crippen molar-refractivity contribution in [1.82, 2.24) is 10.2 Å². The number of carbonyl (C=O) groups excluding carboxylic acids is 2. The molecule has 2 rings (SSSR count). The standard InChI is InChI=1S/C14H20N2O3S/c1-16-12(17)6-5-10(14(18)15-7-8-19-2)13(16)11-4-3-9-20-11/h3-4,9-10,13H,5-8H2,1-2H3,(H,15,18)/t10-,13-/m0/s1. The maximum atomic E-state index is 12.3. The zero-order chi connectivity index (χ0) is 14.5. The Labute approximate surface area is 122 Å². The summed E-state index contributed by atoms with van der Waals surface area (Å²) in [7, 11) is 3.38. The first-order chi connectivity index (χ1) is 9.65. The van der Waals surface area contributed by atoms with Crippen molar-refractivity contribution < 1.29 is 14.3 Å². The van der Waals surface area contributed by atoms with E-state index in [1.54, 1.807) is 30.4 Å². The van der Waals surface area contributed by atoms with Gasteiger partial charge in [-0.25, -0.2) is 0 Å². The van der Waals surface area contributed by atoms with Gasteiger partial charge in [-0.3, -0.25) is 9.59 Å². The summed E-state index contributed by atoms with van der Waals surface area (Å²) in [6, 6.07) is 3.78. The van der Waals surface area contributed by atoms with Crippen LogP contribution in [0.15, 0.2) is 17.5 Å². The zero-order valence-electron chi connectivity index (χ0n) is 11.8. The second-order valence-electron chi connectivity index (χ2n) is 4.89. The summed E-state index contributed by atoms with van der Waals surface area (Å²) < 4.78 is 4.94. The predicted octanol–water partition coefficient (Wildman–Crippen LogP) is 1.42. The van der Waals surface area contributed by atoms with Gasteiger partial charge in [0.15, 0.2) is 0 Å². The molecule has 0 spiro atoms. The molecule has 110 valence electrons. The summed E-state index contributed by atoms with van der Waals surface area (Å²) in [6.07, 6.45) is 1.03. The smallest absolute Gasteiger partial charge is 0.225 e. The van der Waals surface area contributed by atoms with Gasteiger partial charge >= 0.3 is 0 Å². The average Bonchev–Trinajstić information content (AvgIpc) is 2.95. The van der Waals surface area contributed by atoms with Crippen LogP contribution in [-0.2, 0) is 14.3 Å². The highest BCUT2D eigenvalue weighted by molar-refractivity contribution is 7.10. The molecule has 0 radical (unpaired) electrons. The molecule has 0 saturated carbocycles. The van der Waals surface area contributed by atoms with Crippen LogP contribution in [0, 0.1) is 5.92 Å². The molecule has 6 heteroatoms. The van der Waals surface area contributed by atoms with Crippen molar-refractivity contribution in [2.24, 2.45) is 5.92 Å². The maximum Gasteiger partial charge on any atom is 0.225 e. The molecule has 2 atom stereocenters. The average molecular weight is 296 g/mol. The van der Waals surface area contributed by atoms with Gasteiger partial charge in [-0.2, -0.15) is 0 Å². The molecule has 1 N–H and O–H groups in total. The predicted molar refractivity (Wildman–Crippen MR) is 77.4 cm³/mol. The van der Waals surface area contributed by atoms with E-state index in [1.165, 1.54) is 0 Å². The first-order valence-corrected chi connectivity index (χ1v) is 7.59. The van der Waals surface area contributed by atoms with Crippen LogP contribution in [0.5, 0.6) is 0 Å². The number of ether oxygens (including phenoxy) is 1. The molecular weight excluding hydrogens is 276 g/mol. The summed E-state index contributed by atoms with van der Waals surface area (Å²) in [6.45, 7) is 0.998. The molecular formula is C14H20N2O3S. The SMILES string of the molecule is COCCNC(=O)[C@H]1CCC(=O)N(C)[C@@H]1c1cccs1. The van der Waals surface area contributed by atoms with Gasteiger partial charge in [0.05, 0.1) is 18.6 Å². The first kappa shape index (κ1) is 15.0. The lowest BCUT2D eigenvalue weighted by Gasteiger charge is -2.37. The van der Waals surface area contributed by atoms with Crippen LogP contribution in [0.4, 0.5) is 0 Å². The highest BCUT2D eigenvalue weighted by Gasteiger charge is 2.39. The highest BCUT2D eigenvalue weighted by atomic mass is 32.1. The van der Waals surface area contributed by atoms with E-state index in [2.05, 4.69) is 5.32 Å². The fourth-order valence-corrected chi connectivity index (χ4v) is 3.50. The number of methoxy groups -OCH3 is 1. The minimum atomic E-state index is -0.187. The van der Waals surface area contributed by atoms with Crippen LogP contribution in [0.1, 0.15) is 23.8 Å². The number of nitrogens with zero attached hydrogens (tertiary/aromatic N) is 1. The molecule has 1 aromatic rings. The van der Waals surface area contributed by atoms with Gasteiger partial charge in [-0.1, -0.05) is 6.07 Å². The fourth-order valence-electron chi connectivity index (χ4n) is 2.57. The first-order valence-electron chi connectivity index (χ1n) is 6.71. The van der Waals surface area contributed by atoms with Crippen molar-refractivity contribution in [3.63, 3.8) is 0 Å². The number of thiophene rings is 1. The molecule has 1 fully saturated rings. The number of likely N-dealkylation sites (tertiary alicyclic amines) is 1. The highest BCUT2D eigenvalue weighted by Crippen LogP contribution is 2.37. The third-order valence-electron chi connectivity index (χ3n) is 3.64. The molecule has 2 amide bonds. The van der Waals surface area contributed by atoms with Crippen molar-refractivity contribution in [2.75, 3.05) is 27.3 Å². The Morgan fingerprint density at radius 1 is 1.60 bits per heavy atom. The molecule has 1 saturated heterocycles. The van der Waals surface area contributed by atoms with E-state index in [9.17, 15) is 9.59 Å². The van der Waals surface area contributed by atoms with Gasteiger partial charge < -0.3 is 15.0 Å². The Bertz CT molecular complexity index is 461. The van der Waals surface area contributed by atoms with E-state index in [0.717, 1.165) is 4.88 Å². The number of carbonyl (C=O) groups is 2. The quantitative estimate of drug-likeness (QED) is 0.836. The molecule has 5 nitrogen and oxygen atoms in total. The van der Waals surface area contributed by atoms with Crippen LogP contribution >= 0.6 is 11.3 Å². The number of piperidine rings is 1. The summed E-state index contributed by atoms with van der Waals surface area (Å²) in [5, 5.41) is 4.86. The molecule has 1 aromatic heterocycles. The monoisotopic (exact) mass is 296 g/mol. The van der Waals surface area contributed by atoms with Gasteiger partial charge in [-0.15, -0.1) is 11.3 Å². The van der Waals surface area contributed by atoms with Gasteiger partial charge in [0, 0.05) is 32.0 Å². The Hall–Kier alpha value is -1.40. The van der Waals surface area contributed by atoms with Crippen molar-refractivity contribution in [1.29, 1.82) is 0 Å². The largest absolute Gasteiger partial charge is 0.383 e. The normalized spacial score (nSPS) is 22.9. The van der Waals surface area contributed by atoms with Gasteiger partial charge in [0.25, 0.3) is 0 Å². The maximum absolute atomic E-state index is 12.3. The number of nitrogens with one attached hydrogen (secondary N) is 1. The molecule has 0 unspecified atom stereocenters. The van der Waals surface area contributed by atoms with Crippen LogP contribution in [-0.4, -0.2) is 44.0 Å². The molecule has 0 bridgehead atoms. The topological polar surface area (TPSA) is 58.6 Å². The Morgan fingerprint density at radius 3 is 3.05 bits per heavy atom. The molecule has 20 heavy (non-hydrogen) atoms. The van der Waals surface area contributed by atoms with E-state index < -0.39 is 0 Å². The number of hydrogen-bond donors (Lipinski definition) is 1. The summed E-state index contributed by atoms with van der Waals surface area (Å²) in [4.78, 5) is 27.0. The summed E-state index contributed by atoms with van der Waals surface area (Å²) in [5.74, 6) is -0.0858. The van der Waals surface area contributed by atoms with E-state index in [-0.39, 0.29) is 23.8 Å². The molecule has 0 aliphatic carbocycles.